The van der Waals surface area contributed by atoms with E-state index in [0.717, 1.165) is 0 Å². The number of hydrogen-bond acceptors (Lipinski definition) is 3. The first-order valence-corrected chi connectivity index (χ1v) is 4.43. The van der Waals surface area contributed by atoms with Crippen LogP contribution >= 0.6 is 0 Å². The van der Waals surface area contributed by atoms with Crippen molar-refractivity contribution in [1.82, 2.24) is 9.91 Å². The molecule has 1 saturated heterocycles. The first-order valence-electron chi connectivity index (χ1n) is 4.43. The lowest BCUT2D eigenvalue weighted by molar-refractivity contribution is -0.136. The van der Waals surface area contributed by atoms with Crippen molar-refractivity contribution < 1.29 is 4.79 Å². The number of carbonyl (C=O) groups is 1. The van der Waals surface area contributed by atoms with Gasteiger partial charge in [-0.3, -0.25) is 9.80 Å². The van der Waals surface area contributed by atoms with E-state index in [4.69, 9.17) is 0 Å². The second kappa shape index (κ2) is 3.72. The molecule has 5 nitrogen and oxygen atoms in total. The molecule has 1 fully saturated rings. The Morgan fingerprint density at radius 3 is 2.08 bits per heavy atom. The van der Waals surface area contributed by atoms with E-state index in [-0.39, 0.29) is 18.0 Å². The average Bonchev–Trinajstić information content (AvgIpc) is 2.02. The molecule has 1 aliphatic heterocycles. The van der Waals surface area contributed by atoms with Crippen molar-refractivity contribution >= 4 is 5.91 Å². The Morgan fingerprint density at radius 2 is 1.77 bits per heavy atom. The highest BCUT2D eigenvalue weighted by Crippen LogP contribution is 2.15. The summed E-state index contributed by atoms with van der Waals surface area (Å²) in [5.74, 6) is 0.0607. The van der Waals surface area contributed by atoms with Gasteiger partial charge in [0.05, 0.1) is 18.4 Å². The molecule has 74 valence electrons. The number of amides is 1. The molecule has 0 N–H and O–H groups in total. The quantitative estimate of drug-likeness (QED) is 0.562. The third kappa shape index (κ3) is 1.96. The fraction of sp³-hybridized carbons (Fsp3) is 0.875. The highest BCUT2D eigenvalue weighted by Gasteiger charge is 2.30. The molecule has 13 heavy (non-hydrogen) atoms. The van der Waals surface area contributed by atoms with Gasteiger partial charge in [0.1, 0.15) is 0 Å². The monoisotopic (exact) mass is 185 g/mol. The molecule has 2 atom stereocenters. The SMILES string of the molecule is CC(=O)N1C(C)CN(N=O)CC1C. The molecule has 5 heteroatoms. The van der Waals surface area contributed by atoms with Crippen molar-refractivity contribution in [3.05, 3.63) is 4.91 Å². The largest absolute Gasteiger partial charge is 0.334 e. The molecule has 0 aromatic rings. The van der Waals surface area contributed by atoms with Gasteiger partial charge < -0.3 is 4.90 Å². The molecule has 1 amide bonds. The molecule has 2 unspecified atom stereocenters. The van der Waals surface area contributed by atoms with Gasteiger partial charge in [-0.15, -0.1) is 4.91 Å². The molecular formula is C8H15N3O2. The number of nitroso groups, excluding NO2 is 1. The minimum Gasteiger partial charge on any atom is -0.334 e. The normalized spacial score (nSPS) is 28.8. The smallest absolute Gasteiger partial charge is 0.220 e. The van der Waals surface area contributed by atoms with Crippen LogP contribution in [-0.4, -0.2) is 41.0 Å². The lowest BCUT2D eigenvalue weighted by Crippen LogP contribution is -2.56. The third-order valence-corrected chi connectivity index (χ3v) is 2.38. The van der Waals surface area contributed by atoms with Crippen LogP contribution in [-0.2, 0) is 4.79 Å². The van der Waals surface area contributed by atoms with Crippen LogP contribution in [0.25, 0.3) is 0 Å². The standard InChI is InChI=1S/C8H15N3O2/c1-6-4-10(9-13)5-7(2)11(6)8(3)12/h6-7H,4-5H2,1-3H3. The Labute approximate surface area is 77.6 Å². The van der Waals surface area contributed by atoms with Crippen LogP contribution in [0.3, 0.4) is 0 Å². The zero-order valence-corrected chi connectivity index (χ0v) is 8.23. The minimum absolute atomic E-state index is 0.0607. The summed E-state index contributed by atoms with van der Waals surface area (Å²) in [5.41, 5.74) is 0. The van der Waals surface area contributed by atoms with Gasteiger partial charge in [0.15, 0.2) is 0 Å². The van der Waals surface area contributed by atoms with Crippen molar-refractivity contribution in [2.75, 3.05) is 13.1 Å². The summed E-state index contributed by atoms with van der Waals surface area (Å²) in [6.45, 7) is 6.47. The van der Waals surface area contributed by atoms with Crippen LogP contribution in [0.1, 0.15) is 20.8 Å². The molecule has 0 radical (unpaired) electrons. The minimum atomic E-state index is 0.0607. The van der Waals surface area contributed by atoms with Crippen LogP contribution in [0.15, 0.2) is 5.29 Å². The molecule has 0 spiro atoms. The lowest BCUT2D eigenvalue weighted by Gasteiger charge is -2.41. The van der Waals surface area contributed by atoms with Crippen LogP contribution in [0.2, 0.25) is 0 Å². The van der Waals surface area contributed by atoms with Gasteiger partial charge in [0, 0.05) is 19.0 Å². The zero-order valence-electron chi connectivity index (χ0n) is 8.23. The van der Waals surface area contributed by atoms with Gasteiger partial charge in [-0.25, -0.2) is 0 Å². The summed E-state index contributed by atoms with van der Waals surface area (Å²) in [7, 11) is 0. The fourth-order valence-corrected chi connectivity index (χ4v) is 1.98. The third-order valence-electron chi connectivity index (χ3n) is 2.38. The van der Waals surface area contributed by atoms with Gasteiger partial charge in [0.2, 0.25) is 5.91 Å². The van der Waals surface area contributed by atoms with Crippen molar-refractivity contribution in [3.8, 4) is 0 Å². The summed E-state index contributed by atoms with van der Waals surface area (Å²) >= 11 is 0. The van der Waals surface area contributed by atoms with Crippen LogP contribution < -0.4 is 0 Å². The van der Waals surface area contributed by atoms with Crippen molar-refractivity contribution in [2.45, 2.75) is 32.9 Å². The molecular weight excluding hydrogens is 170 g/mol. The molecule has 1 rings (SSSR count). The number of rotatable bonds is 1. The Bertz CT molecular complexity index is 207. The number of piperazine rings is 1. The van der Waals surface area contributed by atoms with E-state index in [0.29, 0.717) is 13.1 Å². The second-order valence-electron chi connectivity index (χ2n) is 3.58. The van der Waals surface area contributed by atoms with E-state index in [1.54, 1.807) is 11.8 Å². The number of carbonyl (C=O) groups excluding carboxylic acids is 1. The van der Waals surface area contributed by atoms with Gasteiger partial charge in [-0.1, -0.05) is 0 Å². The van der Waals surface area contributed by atoms with E-state index in [1.807, 2.05) is 13.8 Å². The van der Waals surface area contributed by atoms with E-state index in [2.05, 4.69) is 5.29 Å². The van der Waals surface area contributed by atoms with Crippen LogP contribution in [0.4, 0.5) is 0 Å². The Hall–Kier alpha value is -1.13. The van der Waals surface area contributed by atoms with Crippen molar-refractivity contribution in [2.24, 2.45) is 5.29 Å². The Kier molecular flexibility index (Phi) is 2.85. The molecule has 0 aromatic carbocycles. The van der Waals surface area contributed by atoms with Crippen LogP contribution in [0.5, 0.6) is 0 Å². The second-order valence-corrected chi connectivity index (χ2v) is 3.58. The summed E-state index contributed by atoms with van der Waals surface area (Å²) < 4.78 is 0. The maximum absolute atomic E-state index is 11.2. The summed E-state index contributed by atoms with van der Waals surface area (Å²) in [6, 6.07) is 0.137. The topological polar surface area (TPSA) is 53.0 Å². The number of hydrogen-bond donors (Lipinski definition) is 0. The zero-order chi connectivity index (χ0) is 10.0. The van der Waals surface area contributed by atoms with Gasteiger partial charge in [-0.2, -0.15) is 0 Å². The highest BCUT2D eigenvalue weighted by atomic mass is 16.3. The Morgan fingerprint density at radius 1 is 1.31 bits per heavy atom. The Balaban J connectivity index is 2.69. The highest BCUT2D eigenvalue weighted by molar-refractivity contribution is 5.74. The van der Waals surface area contributed by atoms with E-state index in [9.17, 15) is 9.70 Å². The van der Waals surface area contributed by atoms with Gasteiger partial charge >= 0.3 is 0 Å². The van der Waals surface area contributed by atoms with Gasteiger partial charge in [0.25, 0.3) is 0 Å². The molecule has 0 aliphatic carbocycles. The predicted molar refractivity (Wildman–Crippen MR) is 48.8 cm³/mol. The molecule has 0 saturated carbocycles. The van der Waals surface area contributed by atoms with E-state index < -0.39 is 0 Å². The summed E-state index contributed by atoms with van der Waals surface area (Å²) in [4.78, 5) is 23.3. The summed E-state index contributed by atoms with van der Waals surface area (Å²) in [6.07, 6.45) is 0. The molecule has 0 bridgehead atoms. The molecule has 1 aliphatic rings. The molecule has 1 heterocycles. The lowest BCUT2D eigenvalue weighted by atomic mass is 10.1. The number of nitrogens with zero attached hydrogens (tertiary/aromatic N) is 3. The maximum atomic E-state index is 11.2. The molecule has 0 aromatic heterocycles. The van der Waals surface area contributed by atoms with E-state index in [1.165, 1.54) is 5.01 Å². The maximum Gasteiger partial charge on any atom is 0.220 e. The predicted octanol–water partition coefficient (Wildman–Crippen LogP) is 0.609. The van der Waals surface area contributed by atoms with Crippen molar-refractivity contribution in [1.29, 1.82) is 0 Å². The summed E-state index contributed by atoms with van der Waals surface area (Å²) in [5, 5.41) is 4.35. The first kappa shape index (κ1) is 9.95. The average molecular weight is 185 g/mol. The van der Waals surface area contributed by atoms with Crippen LogP contribution in [0, 0.1) is 4.91 Å². The fourth-order valence-electron chi connectivity index (χ4n) is 1.98. The van der Waals surface area contributed by atoms with Crippen molar-refractivity contribution in [3.63, 3.8) is 0 Å². The van der Waals surface area contributed by atoms with Gasteiger partial charge in [-0.05, 0) is 13.8 Å². The van der Waals surface area contributed by atoms with E-state index >= 15 is 0 Å². The first-order chi connectivity index (χ1) is 6.06.